The van der Waals surface area contributed by atoms with Gasteiger partial charge in [0.15, 0.2) is 0 Å². The normalized spacial score (nSPS) is 20.3. The van der Waals surface area contributed by atoms with Gasteiger partial charge in [-0.3, -0.25) is 9.48 Å². The van der Waals surface area contributed by atoms with E-state index in [1.54, 1.807) is 0 Å². The first-order chi connectivity index (χ1) is 6.72. The highest BCUT2D eigenvalue weighted by Gasteiger charge is 2.26. The van der Waals surface area contributed by atoms with Gasteiger partial charge in [0.25, 0.3) is 0 Å². The van der Waals surface area contributed by atoms with E-state index in [0.717, 1.165) is 19.4 Å². The quantitative estimate of drug-likeness (QED) is 0.624. The highest BCUT2D eigenvalue weighted by molar-refractivity contribution is 5.72. The van der Waals surface area contributed by atoms with E-state index in [-0.39, 0.29) is 11.9 Å². The Kier molecular flexibility index (Phi) is 2.27. The molecule has 0 saturated carbocycles. The van der Waals surface area contributed by atoms with Gasteiger partial charge in [-0.1, -0.05) is 0 Å². The lowest BCUT2D eigenvalue weighted by Gasteiger charge is -2.21. The van der Waals surface area contributed by atoms with Crippen LogP contribution < -0.4 is 0 Å². The predicted molar refractivity (Wildman–Crippen MR) is 50.8 cm³/mol. The molecule has 0 aliphatic carbocycles. The smallest absolute Gasteiger partial charge is 0.309 e. The zero-order valence-electron chi connectivity index (χ0n) is 8.49. The van der Waals surface area contributed by atoms with E-state index >= 15 is 0 Å². The van der Waals surface area contributed by atoms with Gasteiger partial charge in [0.2, 0.25) is 0 Å². The lowest BCUT2D eigenvalue weighted by molar-refractivity contribution is -0.146. The molecule has 14 heavy (non-hydrogen) atoms. The predicted octanol–water partition coefficient (Wildman–Crippen LogP) is 0.927. The molecule has 4 nitrogen and oxygen atoms in total. The number of hydrogen-bond acceptors (Lipinski definition) is 3. The van der Waals surface area contributed by atoms with Crippen LogP contribution in [0.2, 0.25) is 0 Å². The molecule has 0 fully saturated rings. The van der Waals surface area contributed by atoms with Crippen LogP contribution in [0.25, 0.3) is 0 Å². The fraction of sp³-hybridized carbons (Fsp3) is 0.600. The van der Waals surface area contributed by atoms with Gasteiger partial charge in [0.05, 0.1) is 19.2 Å². The Morgan fingerprint density at radius 1 is 1.71 bits per heavy atom. The average molecular weight is 194 g/mol. The Balaban J connectivity index is 2.20. The minimum atomic E-state index is -0.100. The van der Waals surface area contributed by atoms with Crippen molar-refractivity contribution in [3.05, 3.63) is 17.5 Å². The third-order valence-corrected chi connectivity index (χ3v) is 2.82. The van der Waals surface area contributed by atoms with Crippen LogP contribution in [0.1, 0.15) is 17.7 Å². The van der Waals surface area contributed by atoms with Crippen LogP contribution in [0.15, 0.2) is 6.20 Å². The molecule has 0 saturated heterocycles. The summed E-state index contributed by atoms with van der Waals surface area (Å²) in [6, 6.07) is 0. The molecule has 0 bridgehead atoms. The molecular formula is C10H14N2O2. The first kappa shape index (κ1) is 9.24. The molecule has 1 aliphatic heterocycles. The maximum absolute atomic E-state index is 11.4. The van der Waals surface area contributed by atoms with Crippen LogP contribution in [0.5, 0.6) is 0 Å². The molecule has 4 heteroatoms. The second kappa shape index (κ2) is 3.44. The highest BCUT2D eigenvalue weighted by atomic mass is 16.5. The standard InChI is InChI=1S/C10H14N2O2/c1-7-6-11-12-4-3-8(5-9(7)12)10(13)14-2/h6,8H,3-5H2,1-2H3. The summed E-state index contributed by atoms with van der Waals surface area (Å²) in [6.07, 6.45) is 3.45. The summed E-state index contributed by atoms with van der Waals surface area (Å²) in [4.78, 5) is 11.4. The molecule has 0 N–H and O–H groups in total. The highest BCUT2D eigenvalue weighted by Crippen LogP contribution is 2.23. The van der Waals surface area contributed by atoms with E-state index in [4.69, 9.17) is 4.74 Å². The number of esters is 1. The van der Waals surface area contributed by atoms with Crippen molar-refractivity contribution < 1.29 is 9.53 Å². The van der Waals surface area contributed by atoms with Gasteiger partial charge in [-0.25, -0.2) is 0 Å². The van der Waals surface area contributed by atoms with Crippen LogP contribution in [-0.4, -0.2) is 22.9 Å². The van der Waals surface area contributed by atoms with Gasteiger partial charge in [0, 0.05) is 18.7 Å². The fourth-order valence-electron chi connectivity index (χ4n) is 1.94. The number of carbonyl (C=O) groups is 1. The SMILES string of the molecule is COC(=O)C1CCn2ncc(C)c2C1. The summed E-state index contributed by atoms with van der Waals surface area (Å²) in [5.41, 5.74) is 2.34. The molecule has 1 unspecified atom stereocenters. The van der Waals surface area contributed by atoms with Gasteiger partial charge in [-0.2, -0.15) is 5.10 Å². The van der Waals surface area contributed by atoms with Crippen molar-refractivity contribution >= 4 is 5.97 Å². The van der Waals surface area contributed by atoms with E-state index in [2.05, 4.69) is 5.10 Å². The summed E-state index contributed by atoms with van der Waals surface area (Å²) in [5.74, 6) is -0.0836. The van der Waals surface area contributed by atoms with Gasteiger partial charge in [-0.15, -0.1) is 0 Å². The fourth-order valence-corrected chi connectivity index (χ4v) is 1.94. The number of carbonyl (C=O) groups excluding carboxylic acids is 1. The summed E-state index contributed by atoms with van der Waals surface area (Å²) in [7, 11) is 1.45. The van der Waals surface area contributed by atoms with Crippen LogP contribution in [-0.2, 0) is 22.5 Å². The monoisotopic (exact) mass is 194 g/mol. The average Bonchev–Trinajstić information content (AvgIpc) is 2.59. The molecular weight excluding hydrogens is 180 g/mol. The molecule has 1 aliphatic rings. The van der Waals surface area contributed by atoms with Crippen molar-refractivity contribution in [1.82, 2.24) is 9.78 Å². The molecule has 1 atom stereocenters. The Morgan fingerprint density at radius 2 is 2.50 bits per heavy atom. The summed E-state index contributed by atoms with van der Waals surface area (Å²) >= 11 is 0. The zero-order chi connectivity index (χ0) is 10.1. The van der Waals surface area contributed by atoms with E-state index in [1.165, 1.54) is 18.4 Å². The van der Waals surface area contributed by atoms with E-state index in [9.17, 15) is 4.79 Å². The number of aromatic nitrogens is 2. The van der Waals surface area contributed by atoms with Crippen molar-refractivity contribution in [1.29, 1.82) is 0 Å². The van der Waals surface area contributed by atoms with Crippen molar-refractivity contribution in [3.8, 4) is 0 Å². The minimum absolute atomic E-state index is 0.0166. The van der Waals surface area contributed by atoms with Crippen molar-refractivity contribution in [2.24, 2.45) is 5.92 Å². The number of hydrogen-bond donors (Lipinski definition) is 0. The summed E-state index contributed by atoms with van der Waals surface area (Å²) < 4.78 is 6.73. The number of methoxy groups -OCH3 is 1. The summed E-state index contributed by atoms with van der Waals surface area (Å²) in [6.45, 7) is 2.85. The molecule has 0 aromatic carbocycles. The van der Waals surface area contributed by atoms with Crippen LogP contribution in [0.3, 0.4) is 0 Å². The number of rotatable bonds is 1. The third-order valence-electron chi connectivity index (χ3n) is 2.82. The number of aryl methyl sites for hydroxylation is 2. The second-order valence-corrected chi connectivity index (χ2v) is 3.71. The Labute approximate surface area is 82.9 Å². The summed E-state index contributed by atoms with van der Waals surface area (Å²) in [5, 5.41) is 4.24. The lowest BCUT2D eigenvalue weighted by Crippen LogP contribution is -2.27. The maximum atomic E-state index is 11.4. The molecule has 2 rings (SSSR count). The van der Waals surface area contributed by atoms with Gasteiger partial charge in [-0.05, 0) is 18.9 Å². The van der Waals surface area contributed by atoms with Crippen LogP contribution in [0, 0.1) is 12.8 Å². The van der Waals surface area contributed by atoms with Crippen molar-refractivity contribution in [3.63, 3.8) is 0 Å². The largest absolute Gasteiger partial charge is 0.469 e. The van der Waals surface area contributed by atoms with Crippen LogP contribution in [0.4, 0.5) is 0 Å². The van der Waals surface area contributed by atoms with E-state index < -0.39 is 0 Å². The first-order valence-corrected chi connectivity index (χ1v) is 4.81. The third kappa shape index (κ3) is 1.41. The van der Waals surface area contributed by atoms with Gasteiger partial charge in [0.1, 0.15) is 0 Å². The number of nitrogens with zero attached hydrogens (tertiary/aromatic N) is 2. The second-order valence-electron chi connectivity index (χ2n) is 3.71. The topological polar surface area (TPSA) is 44.1 Å². The van der Waals surface area contributed by atoms with Gasteiger partial charge < -0.3 is 4.74 Å². The molecule has 0 spiro atoms. The zero-order valence-corrected chi connectivity index (χ0v) is 8.49. The Bertz CT molecular complexity index is 357. The molecule has 76 valence electrons. The number of ether oxygens (including phenoxy) is 1. The lowest BCUT2D eigenvalue weighted by atomic mass is 9.95. The first-order valence-electron chi connectivity index (χ1n) is 4.81. The Hall–Kier alpha value is -1.32. The molecule has 0 amide bonds. The maximum Gasteiger partial charge on any atom is 0.309 e. The van der Waals surface area contributed by atoms with Crippen molar-refractivity contribution in [2.45, 2.75) is 26.3 Å². The molecule has 1 aromatic heterocycles. The molecule has 1 aromatic rings. The van der Waals surface area contributed by atoms with E-state index in [0.29, 0.717) is 0 Å². The Morgan fingerprint density at radius 3 is 3.21 bits per heavy atom. The molecule has 2 heterocycles. The van der Waals surface area contributed by atoms with E-state index in [1.807, 2.05) is 17.8 Å². The number of fused-ring (bicyclic) bond motifs is 1. The minimum Gasteiger partial charge on any atom is -0.469 e. The van der Waals surface area contributed by atoms with Crippen molar-refractivity contribution in [2.75, 3.05) is 7.11 Å². The van der Waals surface area contributed by atoms with Crippen LogP contribution >= 0.6 is 0 Å². The van der Waals surface area contributed by atoms with Gasteiger partial charge >= 0.3 is 5.97 Å². The molecule has 0 radical (unpaired) electrons.